The summed E-state index contributed by atoms with van der Waals surface area (Å²) in [6.07, 6.45) is 1.74. The van der Waals surface area contributed by atoms with Crippen molar-refractivity contribution in [1.82, 2.24) is 4.90 Å². The Morgan fingerprint density at radius 3 is 2.76 bits per heavy atom. The van der Waals surface area contributed by atoms with E-state index in [-0.39, 0.29) is 5.91 Å². The summed E-state index contributed by atoms with van der Waals surface area (Å²) in [6.45, 7) is 5.19. The minimum Gasteiger partial charge on any atom is -0.493 e. The van der Waals surface area contributed by atoms with E-state index in [0.717, 1.165) is 12.8 Å². The first-order valence-electron chi connectivity index (χ1n) is 7.63. The van der Waals surface area contributed by atoms with Gasteiger partial charge in [0.05, 0.1) is 12.7 Å². The van der Waals surface area contributed by atoms with Gasteiger partial charge in [-0.05, 0) is 42.9 Å². The second-order valence-electron chi connectivity index (χ2n) is 6.32. The highest BCUT2D eigenvalue weighted by Crippen LogP contribution is 2.32. The average molecular weight is 291 g/mol. The van der Waals surface area contributed by atoms with Crippen LogP contribution in [0.25, 0.3) is 0 Å². The van der Waals surface area contributed by atoms with Crippen LogP contribution in [0.1, 0.15) is 37.0 Å². The van der Waals surface area contributed by atoms with Gasteiger partial charge >= 0.3 is 0 Å². The van der Waals surface area contributed by atoms with Crippen molar-refractivity contribution in [3.05, 3.63) is 29.8 Å². The summed E-state index contributed by atoms with van der Waals surface area (Å²) in [7, 11) is 1.73. The van der Waals surface area contributed by atoms with Crippen molar-refractivity contribution < 1.29 is 14.6 Å². The van der Waals surface area contributed by atoms with Gasteiger partial charge in [0.1, 0.15) is 5.75 Å². The van der Waals surface area contributed by atoms with E-state index in [4.69, 9.17) is 4.74 Å². The second-order valence-corrected chi connectivity index (χ2v) is 6.32. The number of hydrogen-bond donors (Lipinski definition) is 1. The number of aliphatic hydroxyl groups excluding tert-OH is 1. The molecule has 0 spiro atoms. The summed E-state index contributed by atoms with van der Waals surface area (Å²) in [5.74, 6) is 1.46. The fourth-order valence-corrected chi connectivity index (χ4v) is 2.20. The largest absolute Gasteiger partial charge is 0.493 e. The highest BCUT2D eigenvalue weighted by molar-refractivity contribution is 5.94. The average Bonchev–Trinajstić information content (AvgIpc) is 3.29. The molecule has 21 heavy (non-hydrogen) atoms. The van der Waals surface area contributed by atoms with Gasteiger partial charge in [-0.15, -0.1) is 0 Å². The molecule has 116 valence electrons. The second kappa shape index (κ2) is 6.94. The lowest BCUT2D eigenvalue weighted by Gasteiger charge is -2.21. The highest BCUT2D eigenvalue weighted by Gasteiger charge is 2.31. The zero-order chi connectivity index (χ0) is 15.4. The number of ether oxygens (including phenoxy) is 1. The maximum Gasteiger partial charge on any atom is 0.253 e. The Morgan fingerprint density at radius 1 is 1.43 bits per heavy atom. The summed E-state index contributed by atoms with van der Waals surface area (Å²) >= 11 is 0. The smallest absolute Gasteiger partial charge is 0.253 e. The van der Waals surface area contributed by atoms with Crippen molar-refractivity contribution in [3.63, 3.8) is 0 Å². The minimum atomic E-state index is -0.403. The lowest BCUT2D eigenvalue weighted by molar-refractivity contribution is 0.0645. The Balaban J connectivity index is 1.95. The van der Waals surface area contributed by atoms with E-state index < -0.39 is 6.10 Å². The predicted octanol–water partition coefficient (Wildman–Crippen LogP) is 2.56. The molecule has 1 unspecified atom stereocenters. The Morgan fingerprint density at radius 2 is 2.14 bits per heavy atom. The summed E-state index contributed by atoms with van der Waals surface area (Å²) in [4.78, 5) is 14.0. The molecule has 4 heteroatoms. The van der Waals surface area contributed by atoms with Crippen LogP contribution in [0.3, 0.4) is 0 Å². The van der Waals surface area contributed by atoms with Crippen LogP contribution in [0.2, 0.25) is 0 Å². The molecule has 0 bridgehead atoms. The van der Waals surface area contributed by atoms with Crippen LogP contribution in [0.5, 0.6) is 5.75 Å². The summed E-state index contributed by atoms with van der Waals surface area (Å²) < 4.78 is 5.65. The molecule has 1 aliphatic rings. The van der Waals surface area contributed by atoms with Crippen molar-refractivity contribution in [2.24, 2.45) is 11.8 Å². The Bertz CT molecular complexity index is 483. The quantitative estimate of drug-likeness (QED) is 0.840. The van der Waals surface area contributed by atoms with Crippen molar-refractivity contribution in [2.45, 2.75) is 32.8 Å². The van der Waals surface area contributed by atoms with Crippen molar-refractivity contribution >= 4 is 5.91 Å². The first kappa shape index (κ1) is 15.8. The van der Waals surface area contributed by atoms with E-state index in [1.54, 1.807) is 24.1 Å². The molecule has 1 aromatic rings. The molecular weight excluding hydrogens is 266 g/mol. The maximum atomic E-state index is 12.4. The van der Waals surface area contributed by atoms with Crippen LogP contribution >= 0.6 is 0 Å². The predicted molar refractivity (Wildman–Crippen MR) is 82.5 cm³/mol. The van der Waals surface area contributed by atoms with Crippen LogP contribution in [0.15, 0.2) is 24.3 Å². The van der Waals surface area contributed by atoms with Crippen molar-refractivity contribution in [1.29, 1.82) is 0 Å². The van der Waals surface area contributed by atoms with E-state index in [9.17, 15) is 9.90 Å². The van der Waals surface area contributed by atoms with Crippen LogP contribution in [0.4, 0.5) is 0 Å². The topological polar surface area (TPSA) is 49.8 Å². The zero-order valence-electron chi connectivity index (χ0n) is 13.1. The molecule has 1 aliphatic carbocycles. The van der Waals surface area contributed by atoms with E-state index in [2.05, 4.69) is 13.8 Å². The lowest BCUT2D eigenvalue weighted by atomic mass is 10.1. The molecule has 1 N–H and O–H groups in total. The van der Waals surface area contributed by atoms with Crippen LogP contribution in [-0.4, -0.2) is 42.2 Å². The van der Waals surface area contributed by atoms with Crippen LogP contribution < -0.4 is 4.74 Å². The van der Waals surface area contributed by atoms with E-state index in [0.29, 0.717) is 36.3 Å². The summed E-state index contributed by atoms with van der Waals surface area (Å²) in [5.41, 5.74) is 0.599. The van der Waals surface area contributed by atoms with Crippen molar-refractivity contribution in [3.8, 4) is 5.75 Å². The molecule has 1 saturated carbocycles. The zero-order valence-corrected chi connectivity index (χ0v) is 13.1. The third kappa shape index (κ3) is 4.74. The number of amides is 1. The molecule has 1 atom stereocenters. The Hall–Kier alpha value is -1.55. The molecule has 1 fully saturated rings. The van der Waals surface area contributed by atoms with Gasteiger partial charge in [-0.3, -0.25) is 4.79 Å². The molecule has 1 aromatic carbocycles. The number of nitrogens with zero attached hydrogens (tertiary/aromatic N) is 1. The first-order valence-corrected chi connectivity index (χ1v) is 7.63. The number of benzene rings is 1. The summed E-state index contributed by atoms with van der Waals surface area (Å²) in [6, 6.07) is 7.24. The lowest BCUT2D eigenvalue weighted by Crippen LogP contribution is -2.35. The monoisotopic (exact) mass is 291 g/mol. The van der Waals surface area contributed by atoms with Gasteiger partial charge in [0, 0.05) is 19.2 Å². The minimum absolute atomic E-state index is 0.0790. The van der Waals surface area contributed by atoms with Gasteiger partial charge in [0.15, 0.2) is 0 Å². The summed E-state index contributed by atoms with van der Waals surface area (Å²) in [5, 5.41) is 9.94. The molecule has 4 nitrogen and oxygen atoms in total. The molecule has 0 aliphatic heterocycles. The third-order valence-corrected chi connectivity index (χ3v) is 3.64. The van der Waals surface area contributed by atoms with Gasteiger partial charge in [-0.25, -0.2) is 0 Å². The fraction of sp³-hybridized carbons (Fsp3) is 0.588. The number of carbonyl (C=O) groups is 1. The molecule has 0 saturated heterocycles. The van der Waals surface area contributed by atoms with E-state index in [1.165, 1.54) is 0 Å². The van der Waals surface area contributed by atoms with E-state index in [1.807, 2.05) is 12.1 Å². The molecule has 0 radical (unpaired) electrons. The Labute approximate surface area is 126 Å². The van der Waals surface area contributed by atoms with E-state index >= 15 is 0 Å². The van der Waals surface area contributed by atoms with Gasteiger partial charge in [-0.1, -0.05) is 19.9 Å². The molecule has 2 rings (SSSR count). The van der Waals surface area contributed by atoms with Gasteiger partial charge in [0.25, 0.3) is 5.91 Å². The SMILES string of the molecule is CC(C)COc1cccc(C(=O)N(C)CC(O)C2CC2)c1. The standard InChI is InChI=1S/C17H25NO3/c1-12(2)11-21-15-6-4-5-14(9-15)17(20)18(3)10-16(19)13-7-8-13/h4-6,9,12-13,16,19H,7-8,10-11H2,1-3H3. The van der Waals surface area contributed by atoms with Crippen LogP contribution in [-0.2, 0) is 0 Å². The van der Waals surface area contributed by atoms with Crippen molar-refractivity contribution in [2.75, 3.05) is 20.2 Å². The first-order chi connectivity index (χ1) is 9.97. The number of aliphatic hydroxyl groups is 1. The molecular formula is C17H25NO3. The third-order valence-electron chi connectivity index (χ3n) is 3.64. The van der Waals surface area contributed by atoms with Crippen LogP contribution in [0, 0.1) is 11.8 Å². The van der Waals surface area contributed by atoms with Gasteiger partial charge in [-0.2, -0.15) is 0 Å². The van der Waals surface area contributed by atoms with Gasteiger partial charge in [0.2, 0.25) is 0 Å². The highest BCUT2D eigenvalue weighted by atomic mass is 16.5. The fourth-order valence-electron chi connectivity index (χ4n) is 2.20. The molecule has 0 aromatic heterocycles. The molecule has 1 amide bonds. The maximum absolute atomic E-state index is 12.4. The number of hydrogen-bond acceptors (Lipinski definition) is 3. The van der Waals surface area contributed by atoms with Gasteiger partial charge < -0.3 is 14.7 Å². The number of rotatable bonds is 7. The number of carbonyl (C=O) groups excluding carboxylic acids is 1. The normalized spacial score (nSPS) is 15.9. The Kier molecular flexibility index (Phi) is 5.23. The number of likely N-dealkylation sites (N-methyl/N-ethyl adjacent to an activating group) is 1. The molecule has 0 heterocycles.